The van der Waals surface area contributed by atoms with Crippen LogP contribution < -0.4 is 0 Å². The zero-order valence-corrected chi connectivity index (χ0v) is 11.2. The SMILES string of the molecule is CC(C)n1cc(C(=O)N2CCCCC2C(=O)O)cn1. The standard InChI is InChI=1S/C13H19N3O3/c1-9(2)16-8-10(7-14-16)12(17)15-6-4-3-5-11(15)13(18)19/h7-9,11H,3-6H2,1-2H3,(H,18,19). The van der Waals surface area contributed by atoms with Crippen molar-refractivity contribution in [2.45, 2.75) is 45.2 Å². The van der Waals surface area contributed by atoms with E-state index in [-0.39, 0.29) is 11.9 Å². The Morgan fingerprint density at radius 3 is 2.74 bits per heavy atom. The van der Waals surface area contributed by atoms with Gasteiger partial charge >= 0.3 is 5.97 Å². The predicted octanol–water partition coefficient (Wildman–Crippen LogP) is 1.54. The maximum absolute atomic E-state index is 12.4. The number of amides is 1. The summed E-state index contributed by atoms with van der Waals surface area (Å²) in [5.41, 5.74) is 0.460. The van der Waals surface area contributed by atoms with Crippen molar-refractivity contribution in [3.8, 4) is 0 Å². The molecular weight excluding hydrogens is 246 g/mol. The maximum Gasteiger partial charge on any atom is 0.326 e. The molecule has 1 aliphatic rings. The molecule has 1 aromatic rings. The van der Waals surface area contributed by atoms with Gasteiger partial charge in [-0.05, 0) is 33.1 Å². The van der Waals surface area contributed by atoms with Crippen molar-refractivity contribution >= 4 is 11.9 Å². The molecule has 1 amide bonds. The van der Waals surface area contributed by atoms with E-state index < -0.39 is 12.0 Å². The number of aliphatic carboxylic acids is 1. The van der Waals surface area contributed by atoms with Gasteiger partial charge in [0.25, 0.3) is 5.91 Å². The van der Waals surface area contributed by atoms with Gasteiger partial charge in [-0.2, -0.15) is 5.10 Å². The van der Waals surface area contributed by atoms with Crippen molar-refractivity contribution in [1.29, 1.82) is 0 Å². The van der Waals surface area contributed by atoms with E-state index in [2.05, 4.69) is 5.10 Å². The second-order valence-electron chi connectivity index (χ2n) is 5.15. The largest absolute Gasteiger partial charge is 0.480 e. The van der Waals surface area contributed by atoms with Gasteiger partial charge in [0.15, 0.2) is 0 Å². The number of carboxylic acids is 1. The zero-order valence-electron chi connectivity index (χ0n) is 11.2. The number of piperidine rings is 1. The van der Waals surface area contributed by atoms with Crippen LogP contribution in [-0.4, -0.2) is 44.3 Å². The van der Waals surface area contributed by atoms with Crippen LogP contribution >= 0.6 is 0 Å². The quantitative estimate of drug-likeness (QED) is 0.899. The molecule has 0 aromatic carbocycles. The van der Waals surface area contributed by atoms with Crippen LogP contribution in [0.2, 0.25) is 0 Å². The number of hydrogen-bond acceptors (Lipinski definition) is 3. The van der Waals surface area contributed by atoms with Crippen LogP contribution in [0.4, 0.5) is 0 Å². The Morgan fingerprint density at radius 1 is 1.42 bits per heavy atom. The first-order chi connectivity index (χ1) is 9.00. The smallest absolute Gasteiger partial charge is 0.326 e. The summed E-state index contributed by atoms with van der Waals surface area (Å²) in [6.45, 7) is 4.45. The van der Waals surface area contributed by atoms with Gasteiger partial charge in [-0.25, -0.2) is 4.79 Å². The Hall–Kier alpha value is -1.85. The normalized spacial score (nSPS) is 19.7. The molecule has 6 nitrogen and oxygen atoms in total. The molecule has 19 heavy (non-hydrogen) atoms. The molecule has 0 saturated carbocycles. The molecule has 1 fully saturated rings. The average molecular weight is 265 g/mol. The van der Waals surface area contributed by atoms with Gasteiger partial charge in [0, 0.05) is 18.8 Å². The highest BCUT2D eigenvalue weighted by Gasteiger charge is 2.32. The van der Waals surface area contributed by atoms with E-state index in [0.717, 1.165) is 12.8 Å². The number of likely N-dealkylation sites (tertiary alicyclic amines) is 1. The van der Waals surface area contributed by atoms with Gasteiger partial charge in [-0.3, -0.25) is 9.48 Å². The van der Waals surface area contributed by atoms with Gasteiger partial charge in [-0.1, -0.05) is 0 Å². The zero-order chi connectivity index (χ0) is 14.0. The van der Waals surface area contributed by atoms with E-state index in [4.69, 9.17) is 0 Å². The van der Waals surface area contributed by atoms with E-state index in [0.29, 0.717) is 18.5 Å². The number of hydrogen-bond donors (Lipinski definition) is 1. The summed E-state index contributed by atoms with van der Waals surface area (Å²) < 4.78 is 1.70. The van der Waals surface area contributed by atoms with Crippen molar-refractivity contribution < 1.29 is 14.7 Å². The van der Waals surface area contributed by atoms with Crippen LogP contribution in [0.5, 0.6) is 0 Å². The Balaban J connectivity index is 2.18. The first kappa shape index (κ1) is 13.6. The molecule has 1 N–H and O–H groups in total. The van der Waals surface area contributed by atoms with Crippen LogP contribution in [0, 0.1) is 0 Å². The van der Waals surface area contributed by atoms with Gasteiger partial charge in [0.05, 0.1) is 11.8 Å². The lowest BCUT2D eigenvalue weighted by atomic mass is 10.0. The Labute approximate surface area is 112 Å². The molecule has 1 atom stereocenters. The molecule has 1 saturated heterocycles. The van der Waals surface area contributed by atoms with E-state index in [1.807, 2.05) is 13.8 Å². The number of nitrogens with zero attached hydrogens (tertiary/aromatic N) is 3. The topological polar surface area (TPSA) is 75.4 Å². The summed E-state index contributed by atoms with van der Waals surface area (Å²) in [7, 11) is 0. The molecular formula is C13H19N3O3. The van der Waals surface area contributed by atoms with Crippen LogP contribution in [0.25, 0.3) is 0 Å². The molecule has 0 radical (unpaired) electrons. The number of carbonyl (C=O) groups excluding carboxylic acids is 1. The summed E-state index contributed by atoms with van der Waals surface area (Å²) in [6.07, 6.45) is 5.43. The number of rotatable bonds is 3. The third-order valence-electron chi connectivity index (χ3n) is 3.43. The Kier molecular flexibility index (Phi) is 3.87. The van der Waals surface area contributed by atoms with Gasteiger partial charge < -0.3 is 10.0 Å². The maximum atomic E-state index is 12.4. The minimum atomic E-state index is -0.927. The minimum Gasteiger partial charge on any atom is -0.480 e. The van der Waals surface area contributed by atoms with Crippen LogP contribution in [-0.2, 0) is 4.79 Å². The van der Waals surface area contributed by atoms with Gasteiger partial charge in [0.2, 0.25) is 0 Å². The van der Waals surface area contributed by atoms with E-state index in [1.54, 1.807) is 10.9 Å². The third kappa shape index (κ3) is 2.77. The van der Waals surface area contributed by atoms with Gasteiger partial charge in [-0.15, -0.1) is 0 Å². The van der Waals surface area contributed by atoms with Crippen molar-refractivity contribution in [3.05, 3.63) is 18.0 Å². The van der Waals surface area contributed by atoms with E-state index in [9.17, 15) is 14.7 Å². The molecule has 1 aromatic heterocycles. The lowest BCUT2D eigenvalue weighted by Crippen LogP contribution is -2.47. The number of aromatic nitrogens is 2. The highest BCUT2D eigenvalue weighted by Crippen LogP contribution is 2.20. The first-order valence-electron chi connectivity index (χ1n) is 6.58. The summed E-state index contributed by atoms with van der Waals surface area (Å²) in [4.78, 5) is 25.0. The van der Waals surface area contributed by atoms with Crippen molar-refractivity contribution in [2.75, 3.05) is 6.54 Å². The third-order valence-corrected chi connectivity index (χ3v) is 3.43. The highest BCUT2D eigenvalue weighted by molar-refractivity contribution is 5.96. The van der Waals surface area contributed by atoms with Crippen LogP contribution in [0.15, 0.2) is 12.4 Å². The molecule has 0 spiro atoms. The molecule has 2 heterocycles. The van der Waals surface area contributed by atoms with E-state index in [1.165, 1.54) is 11.1 Å². The van der Waals surface area contributed by atoms with Crippen molar-refractivity contribution in [2.24, 2.45) is 0 Å². The second kappa shape index (κ2) is 5.42. The van der Waals surface area contributed by atoms with Crippen molar-refractivity contribution in [3.63, 3.8) is 0 Å². The molecule has 6 heteroatoms. The molecule has 0 aliphatic carbocycles. The van der Waals surface area contributed by atoms with Crippen LogP contribution in [0.3, 0.4) is 0 Å². The monoisotopic (exact) mass is 265 g/mol. The Bertz CT molecular complexity index is 481. The summed E-state index contributed by atoms with van der Waals surface area (Å²) >= 11 is 0. The van der Waals surface area contributed by atoms with Crippen molar-refractivity contribution in [1.82, 2.24) is 14.7 Å². The lowest BCUT2D eigenvalue weighted by molar-refractivity contribution is -0.143. The summed E-state index contributed by atoms with van der Waals surface area (Å²) in [5.74, 6) is -1.16. The summed E-state index contributed by atoms with van der Waals surface area (Å²) in [6, 6.07) is -0.526. The highest BCUT2D eigenvalue weighted by atomic mass is 16.4. The molecule has 0 bridgehead atoms. The molecule has 1 aliphatic heterocycles. The van der Waals surface area contributed by atoms with E-state index >= 15 is 0 Å². The fraction of sp³-hybridized carbons (Fsp3) is 0.615. The number of carbonyl (C=O) groups is 2. The fourth-order valence-corrected chi connectivity index (χ4v) is 2.33. The molecule has 2 rings (SSSR count). The fourth-order valence-electron chi connectivity index (χ4n) is 2.33. The lowest BCUT2D eigenvalue weighted by Gasteiger charge is -2.32. The number of carboxylic acid groups (broad SMARTS) is 1. The van der Waals surface area contributed by atoms with Gasteiger partial charge in [0.1, 0.15) is 6.04 Å². The second-order valence-corrected chi connectivity index (χ2v) is 5.15. The minimum absolute atomic E-state index is 0.179. The predicted molar refractivity (Wildman–Crippen MR) is 68.9 cm³/mol. The average Bonchev–Trinajstić information content (AvgIpc) is 2.87. The molecule has 104 valence electrons. The summed E-state index contributed by atoms with van der Waals surface area (Å²) in [5, 5.41) is 13.3. The Morgan fingerprint density at radius 2 is 2.16 bits per heavy atom. The van der Waals surface area contributed by atoms with Crippen LogP contribution in [0.1, 0.15) is 49.5 Å². The first-order valence-corrected chi connectivity index (χ1v) is 6.58. The molecule has 1 unspecified atom stereocenters.